The van der Waals surface area contributed by atoms with Crippen molar-refractivity contribution in [1.82, 2.24) is 5.32 Å². The lowest BCUT2D eigenvalue weighted by atomic mass is 9.95. The highest BCUT2D eigenvalue weighted by atomic mass is 19.4. The van der Waals surface area contributed by atoms with Crippen molar-refractivity contribution in [2.75, 3.05) is 14.2 Å². The number of benzene rings is 2. The van der Waals surface area contributed by atoms with Crippen LogP contribution in [0.25, 0.3) is 11.1 Å². The molecule has 0 heterocycles. The third-order valence-corrected chi connectivity index (χ3v) is 3.89. The van der Waals surface area contributed by atoms with E-state index >= 15 is 0 Å². The largest absolute Gasteiger partial charge is 0.497 e. The number of alkyl halides is 3. The molecule has 0 aliphatic rings. The van der Waals surface area contributed by atoms with Crippen molar-refractivity contribution in [2.24, 2.45) is 0 Å². The Morgan fingerprint density at radius 3 is 2.22 bits per heavy atom. The standard InChI is InChI=1S/C19H18F3NO4/c1-26-14-9-7-12(8-10-14)15-6-4-3-5-13(15)11-16(17(24)27-2)23-18(25)19(20,21)22/h3-10,16H,11H2,1-2H3,(H,23,25)/t16-/m0/s1. The maximum absolute atomic E-state index is 12.6. The van der Waals surface area contributed by atoms with E-state index in [1.807, 2.05) is 0 Å². The van der Waals surface area contributed by atoms with Gasteiger partial charge in [-0.3, -0.25) is 4.79 Å². The number of ether oxygens (including phenoxy) is 2. The van der Waals surface area contributed by atoms with Crippen molar-refractivity contribution in [1.29, 1.82) is 0 Å². The maximum atomic E-state index is 12.6. The zero-order valence-corrected chi connectivity index (χ0v) is 14.7. The van der Waals surface area contributed by atoms with Crippen LogP contribution in [0.15, 0.2) is 48.5 Å². The van der Waals surface area contributed by atoms with E-state index in [4.69, 9.17) is 4.74 Å². The van der Waals surface area contributed by atoms with Gasteiger partial charge < -0.3 is 14.8 Å². The Labute approximate surface area is 154 Å². The highest BCUT2D eigenvalue weighted by Gasteiger charge is 2.41. The van der Waals surface area contributed by atoms with E-state index in [9.17, 15) is 22.8 Å². The van der Waals surface area contributed by atoms with Gasteiger partial charge in [0, 0.05) is 6.42 Å². The Bertz CT molecular complexity index is 803. The summed E-state index contributed by atoms with van der Waals surface area (Å²) in [4.78, 5) is 23.1. The molecule has 5 nitrogen and oxygen atoms in total. The maximum Gasteiger partial charge on any atom is 0.471 e. The Balaban J connectivity index is 2.32. The van der Waals surface area contributed by atoms with Crippen molar-refractivity contribution < 1.29 is 32.2 Å². The summed E-state index contributed by atoms with van der Waals surface area (Å²) in [7, 11) is 2.58. The van der Waals surface area contributed by atoms with E-state index < -0.39 is 24.1 Å². The van der Waals surface area contributed by atoms with Gasteiger partial charge in [-0.15, -0.1) is 0 Å². The normalized spacial score (nSPS) is 12.2. The Morgan fingerprint density at radius 1 is 1.04 bits per heavy atom. The molecule has 0 saturated carbocycles. The Morgan fingerprint density at radius 2 is 1.67 bits per heavy atom. The van der Waals surface area contributed by atoms with E-state index in [0.29, 0.717) is 11.3 Å². The molecule has 2 aromatic carbocycles. The van der Waals surface area contributed by atoms with Gasteiger partial charge in [-0.1, -0.05) is 36.4 Å². The molecule has 27 heavy (non-hydrogen) atoms. The predicted molar refractivity (Wildman–Crippen MR) is 92.1 cm³/mol. The first-order valence-electron chi connectivity index (χ1n) is 7.94. The number of esters is 1. The molecule has 0 fully saturated rings. The second-order valence-corrected chi connectivity index (χ2v) is 5.64. The molecule has 8 heteroatoms. The van der Waals surface area contributed by atoms with Crippen LogP contribution in [0.1, 0.15) is 5.56 Å². The molecule has 0 saturated heterocycles. The molecular formula is C19H18F3NO4. The first kappa shape index (κ1) is 20.3. The molecule has 0 unspecified atom stereocenters. The summed E-state index contributed by atoms with van der Waals surface area (Å²) in [5.41, 5.74) is 2.09. The van der Waals surface area contributed by atoms with Gasteiger partial charge in [0.25, 0.3) is 0 Å². The summed E-state index contributed by atoms with van der Waals surface area (Å²) >= 11 is 0. The van der Waals surface area contributed by atoms with Crippen LogP contribution in [0.2, 0.25) is 0 Å². The van der Waals surface area contributed by atoms with Gasteiger partial charge in [0.05, 0.1) is 14.2 Å². The molecular weight excluding hydrogens is 363 g/mol. The molecule has 0 aliphatic heterocycles. The van der Waals surface area contributed by atoms with Gasteiger partial charge in [-0.2, -0.15) is 13.2 Å². The number of rotatable bonds is 6. The van der Waals surface area contributed by atoms with Gasteiger partial charge in [0.1, 0.15) is 11.8 Å². The fraction of sp³-hybridized carbons (Fsp3) is 0.263. The number of hydrogen-bond acceptors (Lipinski definition) is 4. The minimum Gasteiger partial charge on any atom is -0.497 e. The zero-order chi connectivity index (χ0) is 20.0. The van der Waals surface area contributed by atoms with Crippen molar-refractivity contribution in [3.63, 3.8) is 0 Å². The predicted octanol–water partition coefficient (Wildman–Crippen LogP) is 3.12. The molecule has 0 spiro atoms. The van der Waals surface area contributed by atoms with Gasteiger partial charge in [-0.05, 0) is 28.8 Å². The van der Waals surface area contributed by atoms with Gasteiger partial charge in [0.2, 0.25) is 0 Å². The molecule has 1 N–H and O–H groups in total. The third-order valence-electron chi connectivity index (χ3n) is 3.89. The highest BCUT2D eigenvalue weighted by molar-refractivity contribution is 5.88. The highest BCUT2D eigenvalue weighted by Crippen LogP contribution is 2.27. The fourth-order valence-electron chi connectivity index (χ4n) is 2.55. The van der Waals surface area contributed by atoms with Crippen LogP contribution in [0, 0.1) is 0 Å². The molecule has 1 atom stereocenters. The molecule has 2 aromatic rings. The molecule has 0 aromatic heterocycles. The van der Waals surface area contributed by atoms with Crippen LogP contribution >= 0.6 is 0 Å². The third kappa shape index (κ3) is 5.22. The minimum absolute atomic E-state index is 0.156. The zero-order valence-electron chi connectivity index (χ0n) is 14.7. The first-order valence-corrected chi connectivity index (χ1v) is 7.94. The average molecular weight is 381 g/mol. The Hall–Kier alpha value is -3.03. The topological polar surface area (TPSA) is 64.6 Å². The van der Waals surface area contributed by atoms with Crippen molar-refractivity contribution in [3.8, 4) is 16.9 Å². The molecule has 2 rings (SSSR count). The van der Waals surface area contributed by atoms with Crippen LogP contribution < -0.4 is 10.1 Å². The van der Waals surface area contributed by atoms with E-state index in [2.05, 4.69) is 4.74 Å². The first-order chi connectivity index (χ1) is 12.8. The quantitative estimate of drug-likeness (QED) is 0.781. The lowest BCUT2D eigenvalue weighted by Gasteiger charge is -2.19. The summed E-state index contributed by atoms with van der Waals surface area (Å²) < 4.78 is 47.3. The second kappa shape index (κ2) is 8.57. The number of hydrogen-bond donors (Lipinski definition) is 1. The van der Waals surface area contributed by atoms with Crippen molar-refractivity contribution in [2.45, 2.75) is 18.6 Å². The smallest absolute Gasteiger partial charge is 0.471 e. The van der Waals surface area contributed by atoms with Crippen LogP contribution in [-0.4, -0.2) is 38.3 Å². The summed E-state index contributed by atoms with van der Waals surface area (Å²) in [5.74, 6) is -2.50. The Kier molecular flexibility index (Phi) is 6.44. The van der Waals surface area contributed by atoms with Crippen molar-refractivity contribution >= 4 is 11.9 Å². The molecule has 0 bridgehead atoms. The van der Waals surface area contributed by atoms with Crippen LogP contribution in [0.3, 0.4) is 0 Å². The lowest BCUT2D eigenvalue weighted by Crippen LogP contribution is -2.48. The molecule has 0 aliphatic carbocycles. The molecule has 1 amide bonds. The van der Waals surface area contributed by atoms with Gasteiger partial charge in [-0.25, -0.2) is 4.79 Å². The summed E-state index contributed by atoms with van der Waals surface area (Å²) in [6, 6.07) is 12.5. The summed E-state index contributed by atoms with van der Waals surface area (Å²) in [6.07, 6.45) is -5.25. The van der Waals surface area contributed by atoms with E-state index in [-0.39, 0.29) is 6.42 Å². The van der Waals surface area contributed by atoms with Crippen molar-refractivity contribution in [3.05, 3.63) is 54.1 Å². The second-order valence-electron chi connectivity index (χ2n) is 5.64. The van der Waals surface area contributed by atoms with Gasteiger partial charge >= 0.3 is 18.1 Å². The number of carbonyl (C=O) groups excluding carboxylic acids is 2. The number of halogens is 3. The average Bonchev–Trinajstić information content (AvgIpc) is 2.66. The summed E-state index contributed by atoms with van der Waals surface area (Å²) in [5, 5.41) is 1.69. The number of amides is 1. The number of carbonyl (C=O) groups is 2. The van der Waals surface area contributed by atoms with E-state index in [1.54, 1.807) is 53.8 Å². The summed E-state index contributed by atoms with van der Waals surface area (Å²) in [6.45, 7) is 0. The van der Waals surface area contributed by atoms with E-state index in [1.165, 1.54) is 7.11 Å². The monoisotopic (exact) mass is 381 g/mol. The lowest BCUT2D eigenvalue weighted by molar-refractivity contribution is -0.175. The van der Waals surface area contributed by atoms with Crippen LogP contribution in [-0.2, 0) is 20.7 Å². The van der Waals surface area contributed by atoms with E-state index in [0.717, 1.165) is 18.2 Å². The fourth-order valence-corrected chi connectivity index (χ4v) is 2.55. The number of methoxy groups -OCH3 is 2. The molecule has 144 valence electrons. The molecule has 0 radical (unpaired) electrons. The minimum atomic E-state index is -5.10. The van der Waals surface area contributed by atoms with Gasteiger partial charge in [0.15, 0.2) is 0 Å². The number of nitrogens with one attached hydrogen (secondary N) is 1. The van der Waals surface area contributed by atoms with Crippen LogP contribution in [0.5, 0.6) is 5.75 Å². The SMILES string of the molecule is COC(=O)[C@H](Cc1ccccc1-c1ccc(OC)cc1)NC(=O)C(F)(F)F. The van der Waals surface area contributed by atoms with Crippen LogP contribution in [0.4, 0.5) is 13.2 Å².